The maximum absolute atomic E-state index is 11.8. The molecule has 0 aromatic rings. The molecule has 0 aliphatic heterocycles. The topological polar surface area (TPSA) is 29.1 Å². The van der Waals surface area contributed by atoms with Crippen molar-refractivity contribution >= 4 is 5.91 Å². The normalized spacial score (nSPS) is 24.3. The molecule has 1 amide bonds. The van der Waals surface area contributed by atoms with Crippen LogP contribution in [0, 0.1) is 5.92 Å². The van der Waals surface area contributed by atoms with Gasteiger partial charge in [0.25, 0.3) is 0 Å². The molecule has 0 saturated heterocycles. The Morgan fingerprint density at radius 2 is 1.53 bits per heavy atom. The molecule has 2 heteroatoms. The minimum absolute atomic E-state index is 0.314. The summed E-state index contributed by atoms with van der Waals surface area (Å²) < 4.78 is 0. The summed E-state index contributed by atoms with van der Waals surface area (Å²) in [6.07, 6.45) is 12.4. The summed E-state index contributed by atoms with van der Waals surface area (Å²) in [5, 5.41) is 3.21. The van der Waals surface area contributed by atoms with Crippen LogP contribution < -0.4 is 5.32 Å². The third-order valence-electron chi connectivity index (χ3n) is 3.92. The molecule has 2 saturated carbocycles. The Labute approximate surface area is 92.8 Å². The van der Waals surface area contributed by atoms with Crippen molar-refractivity contribution < 1.29 is 4.79 Å². The van der Waals surface area contributed by atoms with Crippen molar-refractivity contribution in [3.63, 3.8) is 0 Å². The first-order chi connectivity index (χ1) is 7.34. The molecule has 0 spiro atoms. The van der Waals surface area contributed by atoms with Crippen molar-refractivity contribution in [2.75, 3.05) is 0 Å². The number of hydrogen-bond donors (Lipinski definition) is 1. The maximum Gasteiger partial charge on any atom is 0.220 e. The van der Waals surface area contributed by atoms with Crippen molar-refractivity contribution in [2.45, 2.75) is 70.3 Å². The van der Waals surface area contributed by atoms with Gasteiger partial charge in [-0.3, -0.25) is 4.79 Å². The van der Waals surface area contributed by atoms with Crippen molar-refractivity contribution in [1.82, 2.24) is 5.32 Å². The molecule has 0 heterocycles. The number of amides is 1. The summed E-state index contributed by atoms with van der Waals surface area (Å²) in [7, 11) is 0. The van der Waals surface area contributed by atoms with Crippen LogP contribution in [0.2, 0.25) is 0 Å². The van der Waals surface area contributed by atoms with Crippen LogP contribution in [0.3, 0.4) is 0 Å². The van der Waals surface area contributed by atoms with Gasteiger partial charge in [-0.05, 0) is 31.6 Å². The van der Waals surface area contributed by atoms with E-state index in [2.05, 4.69) is 5.32 Å². The van der Waals surface area contributed by atoms with Crippen molar-refractivity contribution in [1.29, 1.82) is 0 Å². The second-order valence-corrected chi connectivity index (χ2v) is 5.26. The molecule has 2 fully saturated rings. The molecule has 2 nitrogen and oxygen atoms in total. The Balaban J connectivity index is 1.66. The van der Waals surface area contributed by atoms with E-state index in [1.165, 1.54) is 57.8 Å². The second kappa shape index (κ2) is 5.53. The van der Waals surface area contributed by atoms with E-state index in [9.17, 15) is 4.79 Å². The monoisotopic (exact) mass is 209 g/mol. The predicted molar refractivity (Wildman–Crippen MR) is 61.6 cm³/mol. The van der Waals surface area contributed by atoms with Gasteiger partial charge in [0.15, 0.2) is 0 Å². The Morgan fingerprint density at radius 1 is 0.933 bits per heavy atom. The van der Waals surface area contributed by atoms with Gasteiger partial charge in [0.1, 0.15) is 0 Å². The third-order valence-corrected chi connectivity index (χ3v) is 3.92. The molecule has 2 aliphatic carbocycles. The van der Waals surface area contributed by atoms with Crippen LogP contribution >= 0.6 is 0 Å². The highest BCUT2D eigenvalue weighted by Crippen LogP contribution is 2.27. The number of nitrogens with one attached hydrogen (secondary N) is 1. The van der Waals surface area contributed by atoms with Crippen LogP contribution in [-0.2, 0) is 4.79 Å². The van der Waals surface area contributed by atoms with E-state index in [1.807, 2.05) is 0 Å². The molecule has 0 aromatic carbocycles. The SMILES string of the molecule is O=C(CC1CCCC1)NC1CCCCC1. The zero-order valence-corrected chi connectivity index (χ0v) is 9.63. The first-order valence-corrected chi connectivity index (χ1v) is 6.64. The van der Waals surface area contributed by atoms with E-state index in [4.69, 9.17) is 0 Å². The molecule has 0 radical (unpaired) electrons. The summed E-state index contributed by atoms with van der Waals surface area (Å²) in [6.45, 7) is 0. The van der Waals surface area contributed by atoms with Gasteiger partial charge in [0.05, 0.1) is 0 Å². The van der Waals surface area contributed by atoms with Crippen LogP contribution in [-0.4, -0.2) is 11.9 Å². The number of rotatable bonds is 3. The van der Waals surface area contributed by atoms with Crippen LogP contribution in [0.5, 0.6) is 0 Å². The van der Waals surface area contributed by atoms with Gasteiger partial charge in [-0.1, -0.05) is 32.1 Å². The summed E-state index contributed by atoms with van der Waals surface area (Å²) in [4.78, 5) is 11.8. The van der Waals surface area contributed by atoms with E-state index in [0.717, 1.165) is 6.42 Å². The first-order valence-electron chi connectivity index (χ1n) is 6.64. The van der Waals surface area contributed by atoms with Crippen LogP contribution in [0.1, 0.15) is 64.2 Å². The third kappa shape index (κ3) is 3.51. The van der Waals surface area contributed by atoms with E-state index in [1.54, 1.807) is 0 Å². The lowest BCUT2D eigenvalue weighted by atomic mass is 9.95. The smallest absolute Gasteiger partial charge is 0.220 e. The fourth-order valence-corrected chi connectivity index (χ4v) is 3.01. The van der Waals surface area contributed by atoms with Gasteiger partial charge in [-0.15, -0.1) is 0 Å². The zero-order valence-electron chi connectivity index (χ0n) is 9.63. The lowest BCUT2D eigenvalue weighted by molar-refractivity contribution is -0.122. The minimum atomic E-state index is 0.314. The fourth-order valence-electron chi connectivity index (χ4n) is 3.01. The van der Waals surface area contributed by atoms with Gasteiger partial charge in [-0.25, -0.2) is 0 Å². The van der Waals surface area contributed by atoms with Crippen LogP contribution in [0.25, 0.3) is 0 Å². The highest BCUT2D eigenvalue weighted by Gasteiger charge is 2.20. The molecule has 0 atom stereocenters. The molecule has 0 unspecified atom stereocenters. The fraction of sp³-hybridized carbons (Fsp3) is 0.923. The lowest BCUT2D eigenvalue weighted by Crippen LogP contribution is -2.36. The molecule has 2 rings (SSSR count). The first kappa shape index (κ1) is 11.0. The Kier molecular flexibility index (Phi) is 4.04. The molecular formula is C13H23NO. The van der Waals surface area contributed by atoms with E-state index < -0.39 is 0 Å². The number of carbonyl (C=O) groups excluding carboxylic acids is 1. The summed E-state index contributed by atoms with van der Waals surface area (Å²) in [6, 6.07) is 0.493. The maximum atomic E-state index is 11.8. The van der Waals surface area contributed by atoms with Gasteiger partial charge in [0.2, 0.25) is 5.91 Å². The summed E-state index contributed by atoms with van der Waals surface area (Å²) in [5.74, 6) is 1.00. The molecule has 0 aromatic heterocycles. The lowest BCUT2D eigenvalue weighted by Gasteiger charge is -2.23. The number of carbonyl (C=O) groups is 1. The zero-order chi connectivity index (χ0) is 10.5. The molecule has 15 heavy (non-hydrogen) atoms. The highest BCUT2D eigenvalue weighted by molar-refractivity contribution is 5.76. The van der Waals surface area contributed by atoms with E-state index >= 15 is 0 Å². The Morgan fingerprint density at radius 3 is 2.20 bits per heavy atom. The van der Waals surface area contributed by atoms with Gasteiger partial charge < -0.3 is 5.32 Å². The van der Waals surface area contributed by atoms with Crippen LogP contribution in [0.4, 0.5) is 0 Å². The predicted octanol–water partition coefficient (Wildman–Crippen LogP) is 3.02. The molecule has 0 bridgehead atoms. The van der Waals surface area contributed by atoms with Crippen molar-refractivity contribution in [3.05, 3.63) is 0 Å². The van der Waals surface area contributed by atoms with E-state index in [0.29, 0.717) is 17.9 Å². The molecular weight excluding hydrogens is 186 g/mol. The average molecular weight is 209 g/mol. The molecule has 86 valence electrons. The Bertz CT molecular complexity index is 203. The Hall–Kier alpha value is -0.530. The van der Waals surface area contributed by atoms with Crippen molar-refractivity contribution in [3.8, 4) is 0 Å². The van der Waals surface area contributed by atoms with Gasteiger partial charge in [-0.2, -0.15) is 0 Å². The van der Waals surface area contributed by atoms with Gasteiger partial charge in [0, 0.05) is 12.5 Å². The summed E-state index contributed by atoms with van der Waals surface area (Å²) >= 11 is 0. The largest absolute Gasteiger partial charge is 0.353 e. The minimum Gasteiger partial charge on any atom is -0.353 e. The van der Waals surface area contributed by atoms with Crippen LogP contribution in [0.15, 0.2) is 0 Å². The second-order valence-electron chi connectivity index (χ2n) is 5.26. The standard InChI is InChI=1S/C13H23NO/c15-13(10-11-6-4-5-7-11)14-12-8-2-1-3-9-12/h11-12H,1-10H2,(H,14,15). The quantitative estimate of drug-likeness (QED) is 0.760. The van der Waals surface area contributed by atoms with E-state index in [-0.39, 0.29) is 0 Å². The molecule has 2 aliphatic rings. The van der Waals surface area contributed by atoms with Gasteiger partial charge >= 0.3 is 0 Å². The highest BCUT2D eigenvalue weighted by atomic mass is 16.1. The van der Waals surface area contributed by atoms with Crippen molar-refractivity contribution in [2.24, 2.45) is 5.92 Å². The number of hydrogen-bond acceptors (Lipinski definition) is 1. The molecule has 1 N–H and O–H groups in total. The average Bonchev–Trinajstić information content (AvgIpc) is 2.71. The summed E-state index contributed by atoms with van der Waals surface area (Å²) in [5.41, 5.74) is 0.